The summed E-state index contributed by atoms with van der Waals surface area (Å²) in [5.74, 6) is 0. The Hall–Kier alpha value is -0.830. The first-order chi connectivity index (χ1) is 8.63. The Morgan fingerprint density at radius 2 is 1.83 bits per heavy atom. The number of hydrogen-bond acceptors (Lipinski definition) is 2. The zero-order valence-electron chi connectivity index (χ0n) is 11.9. The second-order valence-electron chi connectivity index (χ2n) is 5.90. The van der Waals surface area contributed by atoms with Gasteiger partial charge in [-0.2, -0.15) is 5.10 Å². The molecule has 0 bridgehead atoms. The molecule has 102 valence electrons. The van der Waals surface area contributed by atoms with Gasteiger partial charge in [-0.15, -0.1) is 0 Å². The molecular formula is C15H27N3. The molecule has 0 spiro atoms. The van der Waals surface area contributed by atoms with E-state index >= 15 is 0 Å². The van der Waals surface area contributed by atoms with Crippen molar-refractivity contribution >= 4 is 0 Å². The standard InChI is InChI=1S/C15H27N3/c1-3-18-14(11-13(2)17-18)12-15(16)9-7-5-4-6-8-10-15/h11H,3-10,12,16H2,1-2H3. The zero-order valence-corrected chi connectivity index (χ0v) is 11.9. The van der Waals surface area contributed by atoms with Gasteiger partial charge in [0.25, 0.3) is 0 Å². The topological polar surface area (TPSA) is 43.8 Å². The van der Waals surface area contributed by atoms with Crippen LogP contribution in [0.2, 0.25) is 0 Å². The van der Waals surface area contributed by atoms with Gasteiger partial charge in [0, 0.05) is 24.2 Å². The van der Waals surface area contributed by atoms with E-state index in [1.165, 1.54) is 50.6 Å². The van der Waals surface area contributed by atoms with Crippen LogP contribution in [-0.4, -0.2) is 15.3 Å². The predicted molar refractivity (Wildman–Crippen MR) is 75.6 cm³/mol. The van der Waals surface area contributed by atoms with E-state index in [1.807, 2.05) is 0 Å². The van der Waals surface area contributed by atoms with E-state index < -0.39 is 0 Å². The molecule has 0 amide bonds. The van der Waals surface area contributed by atoms with E-state index in [0.29, 0.717) is 0 Å². The van der Waals surface area contributed by atoms with Crippen LogP contribution in [0.5, 0.6) is 0 Å². The van der Waals surface area contributed by atoms with Gasteiger partial charge in [0.15, 0.2) is 0 Å². The fraction of sp³-hybridized carbons (Fsp3) is 0.800. The number of nitrogens with two attached hydrogens (primary N) is 1. The molecule has 3 nitrogen and oxygen atoms in total. The van der Waals surface area contributed by atoms with Gasteiger partial charge in [0.1, 0.15) is 0 Å². The second kappa shape index (κ2) is 5.87. The van der Waals surface area contributed by atoms with Crippen LogP contribution in [0.25, 0.3) is 0 Å². The molecule has 3 heteroatoms. The lowest BCUT2D eigenvalue weighted by Gasteiger charge is -2.31. The van der Waals surface area contributed by atoms with Crippen LogP contribution in [0.3, 0.4) is 0 Å². The maximum absolute atomic E-state index is 6.65. The van der Waals surface area contributed by atoms with E-state index in [4.69, 9.17) is 5.73 Å². The summed E-state index contributed by atoms with van der Waals surface area (Å²) in [5.41, 5.74) is 9.08. The third-order valence-electron chi connectivity index (χ3n) is 4.17. The summed E-state index contributed by atoms with van der Waals surface area (Å²) in [6.45, 7) is 5.16. The van der Waals surface area contributed by atoms with Gasteiger partial charge in [-0.1, -0.05) is 32.1 Å². The highest BCUT2D eigenvalue weighted by atomic mass is 15.3. The van der Waals surface area contributed by atoms with Crippen molar-refractivity contribution in [1.29, 1.82) is 0 Å². The van der Waals surface area contributed by atoms with Crippen molar-refractivity contribution in [3.05, 3.63) is 17.5 Å². The monoisotopic (exact) mass is 249 g/mol. The van der Waals surface area contributed by atoms with Crippen LogP contribution in [0.15, 0.2) is 6.07 Å². The minimum atomic E-state index is -0.000185. The first-order valence-corrected chi connectivity index (χ1v) is 7.45. The van der Waals surface area contributed by atoms with E-state index in [1.54, 1.807) is 0 Å². The van der Waals surface area contributed by atoms with Crippen molar-refractivity contribution in [2.75, 3.05) is 0 Å². The highest BCUT2D eigenvalue weighted by molar-refractivity contribution is 5.13. The molecule has 1 saturated carbocycles. The summed E-state index contributed by atoms with van der Waals surface area (Å²) in [6.07, 6.45) is 9.99. The minimum absolute atomic E-state index is 0.000185. The van der Waals surface area contributed by atoms with Crippen molar-refractivity contribution in [1.82, 2.24) is 9.78 Å². The molecular weight excluding hydrogens is 222 g/mol. The highest BCUT2D eigenvalue weighted by Gasteiger charge is 2.27. The number of aryl methyl sites for hydroxylation is 2. The Labute approximate surface area is 111 Å². The molecule has 1 aromatic heterocycles. The number of aromatic nitrogens is 2. The molecule has 0 aromatic carbocycles. The molecule has 1 aromatic rings. The van der Waals surface area contributed by atoms with Gasteiger partial charge in [0.2, 0.25) is 0 Å². The molecule has 1 aliphatic rings. The Morgan fingerprint density at radius 1 is 1.22 bits per heavy atom. The van der Waals surface area contributed by atoms with Crippen molar-refractivity contribution in [3.63, 3.8) is 0 Å². The number of rotatable bonds is 3. The summed E-state index contributed by atoms with van der Waals surface area (Å²) in [5, 5.41) is 4.53. The van der Waals surface area contributed by atoms with E-state index in [2.05, 4.69) is 29.7 Å². The Morgan fingerprint density at radius 3 is 2.44 bits per heavy atom. The summed E-state index contributed by atoms with van der Waals surface area (Å²) < 4.78 is 2.11. The molecule has 2 N–H and O–H groups in total. The minimum Gasteiger partial charge on any atom is -0.325 e. The van der Waals surface area contributed by atoms with Crippen molar-refractivity contribution in [2.45, 2.75) is 77.3 Å². The Kier molecular flexibility index (Phi) is 4.44. The summed E-state index contributed by atoms with van der Waals surface area (Å²) in [7, 11) is 0. The fourth-order valence-corrected chi connectivity index (χ4v) is 3.16. The van der Waals surface area contributed by atoms with Crippen LogP contribution in [0.4, 0.5) is 0 Å². The van der Waals surface area contributed by atoms with Crippen molar-refractivity contribution in [3.8, 4) is 0 Å². The highest BCUT2D eigenvalue weighted by Crippen LogP contribution is 2.27. The van der Waals surface area contributed by atoms with Crippen LogP contribution in [0, 0.1) is 6.92 Å². The first-order valence-electron chi connectivity index (χ1n) is 7.45. The molecule has 1 aliphatic carbocycles. The lowest BCUT2D eigenvalue weighted by atomic mass is 9.81. The molecule has 0 unspecified atom stereocenters. The summed E-state index contributed by atoms with van der Waals surface area (Å²) in [6, 6.07) is 2.21. The van der Waals surface area contributed by atoms with Gasteiger partial charge >= 0.3 is 0 Å². The molecule has 1 heterocycles. The maximum Gasteiger partial charge on any atom is 0.0596 e. The van der Waals surface area contributed by atoms with Gasteiger partial charge in [-0.3, -0.25) is 4.68 Å². The van der Waals surface area contributed by atoms with E-state index in [0.717, 1.165) is 18.7 Å². The summed E-state index contributed by atoms with van der Waals surface area (Å²) >= 11 is 0. The second-order valence-corrected chi connectivity index (χ2v) is 5.90. The number of hydrogen-bond donors (Lipinski definition) is 1. The fourth-order valence-electron chi connectivity index (χ4n) is 3.16. The zero-order chi connectivity index (χ0) is 13.0. The molecule has 2 rings (SSSR count). The average Bonchev–Trinajstić information content (AvgIpc) is 2.65. The molecule has 0 atom stereocenters. The third-order valence-corrected chi connectivity index (χ3v) is 4.17. The lowest BCUT2D eigenvalue weighted by Crippen LogP contribution is -2.43. The Bertz CT molecular complexity index is 373. The van der Waals surface area contributed by atoms with Gasteiger partial charge in [-0.25, -0.2) is 0 Å². The normalized spacial score (nSPS) is 20.4. The summed E-state index contributed by atoms with van der Waals surface area (Å²) in [4.78, 5) is 0. The maximum atomic E-state index is 6.65. The van der Waals surface area contributed by atoms with Crippen LogP contribution < -0.4 is 5.73 Å². The van der Waals surface area contributed by atoms with Gasteiger partial charge in [0.05, 0.1) is 5.69 Å². The van der Waals surface area contributed by atoms with Crippen LogP contribution in [0.1, 0.15) is 63.3 Å². The van der Waals surface area contributed by atoms with Crippen molar-refractivity contribution < 1.29 is 0 Å². The predicted octanol–water partition coefficient (Wildman–Crippen LogP) is 3.20. The van der Waals surface area contributed by atoms with Crippen LogP contribution in [-0.2, 0) is 13.0 Å². The Balaban J connectivity index is 2.09. The smallest absolute Gasteiger partial charge is 0.0596 e. The molecule has 1 fully saturated rings. The van der Waals surface area contributed by atoms with Crippen LogP contribution >= 0.6 is 0 Å². The molecule has 0 aliphatic heterocycles. The quantitative estimate of drug-likeness (QED) is 0.894. The first kappa shape index (κ1) is 13.6. The average molecular weight is 249 g/mol. The molecule has 0 radical (unpaired) electrons. The van der Waals surface area contributed by atoms with Gasteiger partial charge in [-0.05, 0) is 32.8 Å². The van der Waals surface area contributed by atoms with E-state index in [9.17, 15) is 0 Å². The molecule has 18 heavy (non-hydrogen) atoms. The third kappa shape index (κ3) is 3.35. The largest absolute Gasteiger partial charge is 0.325 e. The van der Waals surface area contributed by atoms with Gasteiger partial charge < -0.3 is 5.73 Å². The molecule has 0 saturated heterocycles. The number of nitrogens with zero attached hydrogens (tertiary/aromatic N) is 2. The van der Waals surface area contributed by atoms with E-state index in [-0.39, 0.29) is 5.54 Å². The van der Waals surface area contributed by atoms with Crippen molar-refractivity contribution in [2.24, 2.45) is 5.73 Å². The SMILES string of the molecule is CCn1nc(C)cc1CC1(N)CCCCCCC1. The lowest BCUT2D eigenvalue weighted by molar-refractivity contribution is 0.308.